The number of nitrogen functional groups attached to an aromatic ring is 1. The van der Waals surface area contributed by atoms with Crippen molar-refractivity contribution in [3.8, 4) is 17.2 Å². The van der Waals surface area contributed by atoms with E-state index in [1.165, 1.54) is 21.8 Å². The molecule has 45 heavy (non-hydrogen) atoms. The van der Waals surface area contributed by atoms with Crippen molar-refractivity contribution in [2.75, 3.05) is 10.6 Å². The number of imide groups is 1. The molecule has 4 N–H and O–H groups in total. The van der Waals surface area contributed by atoms with Crippen LogP contribution >= 0.6 is 0 Å². The highest BCUT2D eigenvalue weighted by atomic mass is 19.1. The van der Waals surface area contributed by atoms with Gasteiger partial charge in [-0.2, -0.15) is 5.10 Å². The van der Waals surface area contributed by atoms with E-state index in [0.29, 0.717) is 41.2 Å². The Labute approximate surface area is 258 Å². The maximum Gasteiger partial charge on any atom is 0.329 e. The summed E-state index contributed by atoms with van der Waals surface area (Å²) in [6.07, 6.45) is 5.53. The number of nitrogens with one attached hydrogen (secondary N) is 2. The highest BCUT2D eigenvalue weighted by Crippen LogP contribution is 2.38. The van der Waals surface area contributed by atoms with Gasteiger partial charge in [0.25, 0.3) is 5.91 Å². The molecule has 228 valence electrons. The number of rotatable bonds is 6. The molecular formula is C34H31FN6O4. The van der Waals surface area contributed by atoms with Crippen molar-refractivity contribution in [3.63, 3.8) is 0 Å². The third-order valence-electron chi connectivity index (χ3n) is 8.80. The van der Waals surface area contributed by atoms with Crippen molar-refractivity contribution in [2.24, 2.45) is 0 Å². The Bertz CT molecular complexity index is 2020. The Kier molecular flexibility index (Phi) is 6.68. The number of hydrogen-bond acceptors (Lipinski definition) is 6. The summed E-state index contributed by atoms with van der Waals surface area (Å²) in [6, 6.07) is 16.2. The Hall–Kier alpha value is -5.45. The van der Waals surface area contributed by atoms with E-state index in [-0.39, 0.29) is 28.8 Å². The largest absolute Gasteiger partial charge is 0.454 e. The van der Waals surface area contributed by atoms with E-state index in [1.807, 2.05) is 19.9 Å². The standard InChI is InChI=1S/C34H31FN6O4/c1-19-14-21-16-26(38-25(21)17-28(19)40-32(43)34(39-33(40)44)12-6-3-7-13-34)30(42)23-18-37-41(31(23)36)27-11-10-22(15-20(27)2)45-29-9-5-4-8-24(29)35/h4-5,8-11,14-18,38H,3,6-7,12-13,36H2,1-2H3,(H,39,44). The third kappa shape index (κ3) is 4.71. The van der Waals surface area contributed by atoms with Gasteiger partial charge in [0.1, 0.15) is 17.1 Å². The molecule has 5 aromatic rings. The molecule has 1 saturated carbocycles. The molecule has 0 bridgehead atoms. The lowest BCUT2D eigenvalue weighted by Crippen LogP contribution is -2.48. The quantitative estimate of drug-likeness (QED) is 0.150. The number of hydrogen-bond donors (Lipinski definition) is 3. The minimum Gasteiger partial charge on any atom is -0.454 e. The van der Waals surface area contributed by atoms with Crippen molar-refractivity contribution in [1.29, 1.82) is 0 Å². The monoisotopic (exact) mass is 606 g/mol. The fourth-order valence-electron chi connectivity index (χ4n) is 6.43. The molecule has 2 fully saturated rings. The molecule has 0 atom stereocenters. The Morgan fingerprint density at radius 2 is 1.73 bits per heavy atom. The lowest BCUT2D eigenvalue weighted by atomic mass is 9.81. The van der Waals surface area contributed by atoms with Gasteiger partial charge in [0, 0.05) is 10.9 Å². The maximum absolute atomic E-state index is 14.0. The van der Waals surface area contributed by atoms with E-state index >= 15 is 0 Å². The zero-order valence-electron chi connectivity index (χ0n) is 24.8. The predicted molar refractivity (Wildman–Crippen MR) is 167 cm³/mol. The number of para-hydroxylation sites is 1. The molecule has 3 aromatic carbocycles. The number of H-pyrrole nitrogens is 1. The SMILES string of the molecule is Cc1cc2cc(C(=O)c3cnn(-c4ccc(Oc5ccccc5F)cc4C)c3N)[nH]c2cc1N1C(=O)NC2(CCCCC2)C1=O. The molecular weight excluding hydrogens is 575 g/mol. The fraction of sp³-hybridized carbons (Fsp3) is 0.235. The molecule has 1 spiro atoms. The van der Waals surface area contributed by atoms with Gasteiger partial charge in [-0.25, -0.2) is 18.8 Å². The van der Waals surface area contributed by atoms with E-state index in [4.69, 9.17) is 10.5 Å². The Balaban J connectivity index is 1.15. The molecule has 1 saturated heterocycles. The van der Waals surface area contributed by atoms with Crippen LogP contribution in [0.5, 0.6) is 11.5 Å². The molecule has 0 unspecified atom stereocenters. The van der Waals surface area contributed by atoms with Crippen molar-refractivity contribution < 1.29 is 23.5 Å². The van der Waals surface area contributed by atoms with Crippen molar-refractivity contribution in [2.45, 2.75) is 51.5 Å². The first kappa shape index (κ1) is 28.3. The summed E-state index contributed by atoms with van der Waals surface area (Å²) in [5.41, 5.74) is 9.32. The molecule has 0 radical (unpaired) electrons. The van der Waals surface area contributed by atoms with Crippen LogP contribution in [-0.2, 0) is 4.79 Å². The molecule has 2 aliphatic rings. The second kappa shape index (κ2) is 10.6. The van der Waals surface area contributed by atoms with Crippen LogP contribution in [0.15, 0.2) is 66.9 Å². The Morgan fingerprint density at radius 1 is 0.978 bits per heavy atom. The second-order valence-corrected chi connectivity index (χ2v) is 11.8. The number of ketones is 1. The minimum absolute atomic E-state index is 0.111. The summed E-state index contributed by atoms with van der Waals surface area (Å²) in [5.74, 6) is -0.343. The molecule has 1 aliphatic carbocycles. The van der Waals surface area contributed by atoms with Gasteiger partial charge >= 0.3 is 6.03 Å². The van der Waals surface area contributed by atoms with Crippen LogP contribution in [0.3, 0.4) is 0 Å². The molecule has 7 rings (SSSR count). The highest BCUT2D eigenvalue weighted by molar-refractivity contribution is 6.24. The van der Waals surface area contributed by atoms with E-state index in [2.05, 4.69) is 15.4 Å². The Morgan fingerprint density at radius 3 is 2.49 bits per heavy atom. The molecule has 3 heterocycles. The zero-order chi connectivity index (χ0) is 31.5. The first-order valence-electron chi connectivity index (χ1n) is 14.9. The third-order valence-corrected chi connectivity index (χ3v) is 8.80. The van der Waals surface area contributed by atoms with E-state index in [0.717, 1.165) is 35.8 Å². The number of fused-ring (bicyclic) bond motifs is 1. The van der Waals surface area contributed by atoms with Gasteiger partial charge in [0.2, 0.25) is 5.78 Å². The van der Waals surface area contributed by atoms with Crippen molar-refractivity contribution >= 4 is 40.1 Å². The number of aromatic amines is 1. The van der Waals surface area contributed by atoms with Crippen LogP contribution in [0.25, 0.3) is 16.6 Å². The molecule has 2 aromatic heterocycles. The van der Waals surface area contributed by atoms with Crippen LogP contribution in [0.4, 0.5) is 20.7 Å². The number of aromatic nitrogens is 3. The van der Waals surface area contributed by atoms with Gasteiger partial charge in [0.05, 0.1) is 28.8 Å². The fourth-order valence-corrected chi connectivity index (χ4v) is 6.43. The highest BCUT2D eigenvalue weighted by Gasteiger charge is 2.52. The van der Waals surface area contributed by atoms with Crippen LogP contribution < -0.4 is 20.7 Å². The van der Waals surface area contributed by atoms with Gasteiger partial charge in [-0.3, -0.25) is 9.59 Å². The summed E-state index contributed by atoms with van der Waals surface area (Å²) in [4.78, 5) is 44.6. The lowest BCUT2D eigenvalue weighted by Gasteiger charge is -2.30. The lowest BCUT2D eigenvalue weighted by molar-refractivity contribution is -0.123. The number of carbonyl (C=O) groups excluding carboxylic acids is 3. The van der Waals surface area contributed by atoms with Crippen LogP contribution in [0.1, 0.15) is 59.3 Å². The van der Waals surface area contributed by atoms with Crippen LogP contribution in [0.2, 0.25) is 0 Å². The van der Waals surface area contributed by atoms with Gasteiger partial charge in [-0.1, -0.05) is 31.4 Å². The normalized spacial score (nSPS) is 16.0. The van der Waals surface area contributed by atoms with E-state index in [1.54, 1.807) is 48.5 Å². The number of nitrogens with two attached hydrogens (primary N) is 1. The summed E-state index contributed by atoms with van der Waals surface area (Å²) in [7, 11) is 0. The number of ether oxygens (including phenoxy) is 1. The molecule has 3 amide bonds. The van der Waals surface area contributed by atoms with E-state index in [9.17, 15) is 18.8 Å². The first-order chi connectivity index (χ1) is 21.6. The minimum atomic E-state index is -0.837. The van der Waals surface area contributed by atoms with Gasteiger partial charge in [-0.15, -0.1) is 0 Å². The van der Waals surface area contributed by atoms with Crippen LogP contribution in [-0.4, -0.2) is 38.0 Å². The number of urea groups is 1. The number of nitrogens with zero attached hydrogens (tertiary/aromatic N) is 3. The number of amides is 3. The maximum atomic E-state index is 14.0. The summed E-state index contributed by atoms with van der Waals surface area (Å²) in [5, 5.41) is 8.09. The predicted octanol–water partition coefficient (Wildman–Crippen LogP) is 6.47. The number of benzene rings is 3. The van der Waals surface area contributed by atoms with E-state index < -0.39 is 17.4 Å². The topological polar surface area (TPSA) is 135 Å². The number of carbonyl (C=O) groups is 3. The summed E-state index contributed by atoms with van der Waals surface area (Å²) >= 11 is 0. The van der Waals surface area contributed by atoms with Crippen LogP contribution in [0, 0.1) is 19.7 Å². The number of halogens is 1. The molecule has 11 heteroatoms. The van der Waals surface area contributed by atoms with Crippen molar-refractivity contribution in [3.05, 3.63) is 95.1 Å². The second-order valence-electron chi connectivity index (χ2n) is 11.8. The summed E-state index contributed by atoms with van der Waals surface area (Å²) < 4.78 is 21.2. The average molecular weight is 607 g/mol. The number of anilines is 2. The molecule has 1 aliphatic heterocycles. The smallest absolute Gasteiger partial charge is 0.329 e. The van der Waals surface area contributed by atoms with Gasteiger partial charge in [0.15, 0.2) is 11.6 Å². The number of aryl methyl sites for hydroxylation is 2. The first-order valence-corrected chi connectivity index (χ1v) is 14.9. The zero-order valence-corrected chi connectivity index (χ0v) is 24.8. The van der Waals surface area contributed by atoms with Crippen molar-refractivity contribution in [1.82, 2.24) is 20.1 Å². The van der Waals surface area contributed by atoms with Gasteiger partial charge in [-0.05, 0) is 86.3 Å². The average Bonchev–Trinajstić information content (AvgIpc) is 3.67. The van der Waals surface area contributed by atoms with Gasteiger partial charge < -0.3 is 20.8 Å². The molecule has 10 nitrogen and oxygen atoms in total. The summed E-state index contributed by atoms with van der Waals surface area (Å²) in [6.45, 7) is 3.68.